The summed E-state index contributed by atoms with van der Waals surface area (Å²) in [6.45, 7) is 7.92. The second kappa shape index (κ2) is 3.29. The molecule has 2 rings (SSSR count). The molecule has 0 bridgehead atoms. The summed E-state index contributed by atoms with van der Waals surface area (Å²) in [5.41, 5.74) is 0. The first-order chi connectivity index (χ1) is 6.18. The molecule has 2 unspecified atom stereocenters. The summed E-state index contributed by atoms with van der Waals surface area (Å²) in [5.74, 6) is 0.809. The van der Waals surface area contributed by atoms with Crippen molar-refractivity contribution in [3.05, 3.63) is 11.1 Å². The van der Waals surface area contributed by atoms with Crippen LogP contribution in [0.1, 0.15) is 25.1 Å². The minimum absolute atomic E-state index is 0.658. The average Bonchev–Trinajstić information content (AvgIpc) is 2.62. The first-order valence-corrected chi connectivity index (χ1v) is 5.69. The molecular formula is C10H16N2S. The molecule has 1 saturated heterocycles. The van der Waals surface area contributed by atoms with Gasteiger partial charge < -0.3 is 4.90 Å². The summed E-state index contributed by atoms with van der Waals surface area (Å²) in [7, 11) is 0. The Morgan fingerprint density at radius 2 is 2.31 bits per heavy atom. The maximum absolute atomic E-state index is 4.43. The minimum atomic E-state index is 0.658. The van der Waals surface area contributed by atoms with E-state index in [0.717, 1.165) is 5.92 Å². The molecule has 0 aliphatic carbocycles. The van der Waals surface area contributed by atoms with Crippen molar-refractivity contribution < 1.29 is 0 Å². The summed E-state index contributed by atoms with van der Waals surface area (Å²) in [6, 6.07) is 0.658. The van der Waals surface area contributed by atoms with Crippen molar-refractivity contribution in [2.75, 3.05) is 11.4 Å². The second-order valence-electron chi connectivity index (χ2n) is 3.95. The van der Waals surface area contributed by atoms with Gasteiger partial charge in [-0.1, -0.05) is 6.92 Å². The first kappa shape index (κ1) is 9.00. The van der Waals surface area contributed by atoms with Crippen LogP contribution >= 0.6 is 11.3 Å². The minimum Gasteiger partial charge on any atom is -0.345 e. The lowest BCUT2D eigenvalue weighted by molar-refractivity contribution is 0.546. The van der Waals surface area contributed by atoms with Gasteiger partial charge in [0.05, 0.1) is 0 Å². The molecule has 3 heteroatoms. The van der Waals surface area contributed by atoms with Crippen molar-refractivity contribution >= 4 is 16.5 Å². The third-order valence-electron chi connectivity index (χ3n) is 3.00. The van der Waals surface area contributed by atoms with E-state index >= 15 is 0 Å². The fourth-order valence-electron chi connectivity index (χ4n) is 1.84. The largest absolute Gasteiger partial charge is 0.345 e. The van der Waals surface area contributed by atoms with Crippen molar-refractivity contribution in [2.45, 2.75) is 33.2 Å². The van der Waals surface area contributed by atoms with E-state index in [-0.39, 0.29) is 0 Å². The standard InChI is InChI=1S/C10H16N2S/c1-7-4-5-12(9(7)3)10-11-6-8(2)13-10/h6-7,9H,4-5H2,1-3H3. The van der Waals surface area contributed by atoms with Gasteiger partial charge in [0.25, 0.3) is 0 Å². The normalized spacial score (nSPS) is 28.4. The molecule has 1 aliphatic heterocycles. The molecule has 13 heavy (non-hydrogen) atoms. The number of thiazole rings is 1. The Morgan fingerprint density at radius 3 is 2.77 bits per heavy atom. The van der Waals surface area contributed by atoms with Gasteiger partial charge >= 0.3 is 0 Å². The van der Waals surface area contributed by atoms with Crippen LogP contribution in [-0.4, -0.2) is 17.6 Å². The second-order valence-corrected chi connectivity index (χ2v) is 5.17. The molecule has 72 valence electrons. The average molecular weight is 196 g/mol. The number of nitrogens with zero attached hydrogens (tertiary/aromatic N) is 2. The number of aromatic nitrogens is 1. The van der Waals surface area contributed by atoms with E-state index in [4.69, 9.17) is 0 Å². The van der Waals surface area contributed by atoms with Gasteiger partial charge in [-0.3, -0.25) is 0 Å². The van der Waals surface area contributed by atoms with Gasteiger partial charge in [-0.2, -0.15) is 0 Å². The third kappa shape index (κ3) is 1.57. The third-order valence-corrected chi connectivity index (χ3v) is 3.95. The lowest BCUT2D eigenvalue weighted by Gasteiger charge is -2.22. The van der Waals surface area contributed by atoms with Gasteiger partial charge in [0, 0.05) is 23.7 Å². The monoisotopic (exact) mass is 196 g/mol. The van der Waals surface area contributed by atoms with Crippen LogP contribution in [0.15, 0.2) is 6.20 Å². The highest BCUT2D eigenvalue weighted by Gasteiger charge is 2.28. The van der Waals surface area contributed by atoms with Crippen LogP contribution in [0.4, 0.5) is 5.13 Å². The van der Waals surface area contributed by atoms with Crippen LogP contribution in [-0.2, 0) is 0 Å². The van der Waals surface area contributed by atoms with E-state index in [1.807, 2.05) is 6.20 Å². The lowest BCUT2D eigenvalue weighted by Crippen LogP contribution is -2.28. The highest BCUT2D eigenvalue weighted by molar-refractivity contribution is 7.15. The van der Waals surface area contributed by atoms with Crippen molar-refractivity contribution in [3.8, 4) is 0 Å². The molecule has 1 aliphatic rings. The van der Waals surface area contributed by atoms with Crippen LogP contribution in [0.2, 0.25) is 0 Å². The predicted molar refractivity (Wildman–Crippen MR) is 57.4 cm³/mol. The van der Waals surface area contributed by atoms with Gasteiger partial charge in [0.15, 0.2) is 5.13 Å². The maximum Gasteiger partial charge on any atom is 0.185 e. The summed E-state index contributed by atoms with van der Waals surface area (Å²) in [6.07, 6.45) is 3.27. The molecule has 0 N–H and O–H groups in total. The van der Waals surface area contributed by atoms with Crippen molar-refractivity contribution in [2.24, 2.45) is 5.92 Å². The molecule has 2 heterocycles. The van der Waals surface area contributed by atoms with Crippen LogP contribution in [0.5, 0.6) is 0 Å². The lowest BCUT2D eigenvalue weighted by atomic mass is 10.1. The number of hydrogen-bond acceptors (Lipinski definition) is 3. The van der Waals surface area contributed by atoms with E-state index in [2.05, 4.69) is 30.7 Å². The summed E-state index contributed by atoms with van der Waals surface area (Å²) in [5, 5.41) is 1.20. The molecule has 1 aromatic heterocycles. The van der Waals surface area contributed by atoms with Crippen LogP contribution < -0.4 is 4.90 Å². The molecule has 0 aromatic carbocycles. The molecule has 2 atom stereocenters. The van der Waals surface area contributed by atoms with Crippen molar-refractivity contribution in [1.29, 1.82) is 0 Å². The van der Waals surface area contributed by atoms with Crippen molar-refractivity contribution in [3.63, 3.8) is 0 Å². The Morgan fingerprint density at radius 1 is 1.54 bits per heavy atom. The Bertz CT molecular complexity index is 295. The molecule has 1 aromatic rings. The highest BCUT2D eigenvalue weighted by Crippen LogP contribution is 2.31. The number of rotatable bonds is 1. The zero-order chi connectivity index (χ0) is 9.42. The van der Waals surface area contributed by atoms with E-state index in [1.54, 1.807) is 11.3 Å². The Hall–Kier alpha value is -0.570. The zero-order valence-electron chi connectivity index (χ0n) is 8.45. The molecule has 0 radical (unpaired) electrons. The van der Waals surface area contributed by atoms with E-state index in [9.17, 15) is 0 Å². The highest BCUT2D eigenvalue weighted by atomic mass is 32.1. The van der Waals surface area contributed by atoms with E-state index in [0.29, 0.717) is 6.04 Å². The first-order valence-electron chi connectivity index (χ1n) is 4.87. The molecule has 1 fully saturated rings. The molecular weight excluding hydrogens is 180 g/mol. The Labute approximate surface area is 83.6 Å². The Balaban J connectivity index is 2.18. The number of anilines is 1. The number of hydrogen-bond donors (Lipinski definition) is 0. The summed E-state index contributed by atoms with van der Waals surface area (Å²) in [4.78, 5) is 8.17. The topological polar surface area (TPSA) is 16.1 Å². The fourth-order valence-corrected chi connectivity index (χ4v) is 2.71. The predicted octanol–water partition coefficient (Wildman–Crippen LogP) is 2.69. The molecule has 2 nitrogen and oxygen atoms in total. The molecule has 0 saturated carbocycles. The van der Waals surface area contributed by atoms with E-state index in [1.165, 1.54) is 23.0 Å². The van der Waals surface area contributed by atoms with Gasteiger partial charge in [0.1, 0.15) is 0 Å². The number of aryl methyl sites for hydroxylation is 1. The zero-order valence-corrected chi connectivity index (χ0v) is 9.27. The molecule has 0 spiro atoms. The Kier molecular flexibility index (Phi) is 2.28. The van der Waals surface area contributed by atoms with Gasteiger partial charge in [-0.15, -0.1) is 11.3 Å². The summed E-state index contributed by atoms with van der Waals surface area (Å²) < 4.78 is 0. The maximum atomic E-state index is 4.43. The van der Waals surface area contributed by atoms with Crippen LogP contribution in [0, 0.1) is 12.8 Å². The summed E-state index contributed by atoms with van der Waals surface area (Å²) >= 11 is 1.81. The van der Waals surface area contributed by atoms with Crippen LogP contribution in [0.3, 0.4) is 0 Å². The molecule has 0 amide bonds. The smallest absolute Gasteiger partial charge is 0.185 e. The fraction of sp³-hybridized carbons (Fsp3) is 0.700. The quantitative estimate of drug-likeness (QED) is 0.686. The van der Waals surface area contributed by atoms with Gasteiger partial charge in [0.2, 0.25) is 0 Å². The van der Waals surface area contributed by atoms with E-state index < -0.39 is 0 Å². The SMILES string of the molecule is Cc1cnc(N2CCC(C)C2C)s1. The van der Waals surface area contributed by atoms with Crippen LogP contribution in [0.25, 0.3) is 0 Å². The van der Waals surface area contributed by atoms with Crippen molar-refractivity contribution in [1.82, 2.24) is 4.98 Å². The van der Waals surface area contributed by atoms with Gasteiger partial charge in [-0.25, -0.2) is 4.98 Å². The van der Waals surface area contributed by atoms with Gasteiger partial charge in [-0.05, 0) is 26.2 Å².